The van der Waals surface area contributed by atoms with Gasteiger partial charge in [-0.1, -0.05) is 23.7 Å². The number of rotatable bonds is 8. The normalized spacial score (nSPS) is 20.4. The van der Waals surface area contributed by atoms with E-state index in [1.807, 2.05) is 36.5 Å². The molecule has 0 spiro atoms. The van der Waals surface area contributed by atoms with Crippen LogP contribution in [0.5, 0.6) is 0 Å². The van der Waals surface area contributed by atoms with Crippen molar-refractivity contribution in [3.05, 3.63) is 53.4 Å². The van der Waals surface area contributed by atoms with E-state index in [0.717, 1.165) is 68.1 Å². The number of nitrogens with zero attached hydrogens (tertiary/aromatic N) is 5. The first-order valence-corrected chi connectivity index (χ1v) is 13.6. The molecule has 2 fully saturated rings. The van der Waals surface area contributed by atoms with Gasteiger partial charge in [0.2, 0.25) is 5.91 Å². The fourth-order valence-electron chi connectivity index (χ4n) is 5.31. The molecule has 1 amide bonds. The highest BCUT2D eigenvalue weighted by molar-refractivity contribution is 6.30. The molecule has 198 valence electrons. The Morgan fingerprint density at radius 1 is 1.11 bits per heavy atom. The highest BCUT2D eigenvalue weighted by atomic mass is 35.5. The first-order valence-electron chi connectivity index (χ1n) is 13.3. The molecule has 0 radical (unpaired) electrons. The van der Waals surface area contributed by atoms with E-state index in [0.29, 0.717) is 24.2 Å². The van der Waals surface area contributed by atoms with Crippen LogP contribution in [0.2, 0.25) is 5.02 Å². The van der Waals surface area contributed by atoms with Crippen molar-refractivity contribution in [3.63, 3.8) is 0 Å². The second kappa shape index (κ2) is 11.8. The fraction of sp³-hybridized carbons (Fsp3) is 0.519. The number of hydrogen-bond donors (Lipinski definition) is 3. The molecule has 2 aliphatic heterocycles. The lowest BCUT2D eigenvalue weighted by Crippen LogP contribution is -2.55. The molecule has 0 saturated carbocycles. The van der Waals surface area contributed by atoms with Crippen molar-refractivity contribution >= 4 is 34.4 Å². The van der Waals surface area contributed by atoms with Crippen molar-refractivity contribution in [3.8, 4) is 0 Å². The third-order valence-electron chi connectivity index (χ3n) is 7.63. The summed E-state index contributed by atoms with van der Waals surface area (Å²) in [6, 6.07) is 10.1. The molecule has 2 aromatic heterocycles. The van der Waals surface area contributed by atoms with Gasteiger partial charge in [-0.25, -0.2) is 9.97 Å². The number of carbonyl (C=O) groups excluding carboxylic acids is 1. The van der Waals surface area contributed by atoms with E-state index in [1.54, 1.807) is 6.33 Å². The molecule has 3 N–H and O–H groups in total. The van der Waals surface area contributed by atoms with Crippen molar-refractivity contribution in [1.82, 2.24) is 35.4 Å². The van der Waals surface area contributed by atoms with Gasteiger partial charge in [-0.2, -0.15) is 0 Å². The zero-order valence-corrected chi connectivity index (χ0v) is 22.4. The predicted octanol–water partition coefficient (Wildman–Crippen LogP) is 3.01. The quantitative estimate of drug-likeness (QED) is 0.417. The molecule has 5 rings (SSSR count). The summed E-state index contributed by atoms with van der Waals surface area (Å²) >= 11 is 6.15. The minimum Gasteiger partial charge on any atom is -0.348 e. The Bertz CT molecular complexity index is 1170. The number of hydrogen-bond acceptors (Lipinski definition) is 7. The summed E-state index contributed by atoms with van der Waals surface area (Å²) in [5.74, 6) is 0.924. The first kappa shape index (κ1) is 25.9. The van der Waals surface area contributed by atoms with Gasteiger partial charge in [0.25, 0.3) is 0 Å². The zero-order valence-electron chi connectivity index (χ0n) is 21.7. The molecule has 10 heteroatoms. The first-order chi connectivity index (χ1) is 18.0. The lowest BCUT2D eigenvalue weighted by atomic mass is 10.0. The van der Waals surface area contributed by atoms with Crippen molar-refractivity contribution in [2.75, 3.05) is 50.8 Å². The molecule has 0 bridgehead atoms. The molecule has 2 saturated heterocycles. The Labute approximate surface area is 223 Å². The summed E-state index contributed by atoms with van der Waals surface area (Å²) in [6.07, 6.45) is 5.01. The van der Waals surface area contributed by atoms with Crippen LogP contribution in [0.3, 0.4) is 0 Å². The number of aromatic nitrogens is 3. The van der Waals surface area contributed by atoms with Gasteiger partial charge < -0.3 is 20.1 Å². The van der Waals surface area contributed by atoms with Gasteiger partial charge in [-0.05, 0) is 50.5 Å². The van der Waals surface area contributed by atoms with E-state index in [9.17, 15) is 4.79 Å². The maximum absolute atomic E-state index is 13.4. The Hall–Kier alpha value is -2.72. The number of amides is 1. The Morgan fingerprint density at radius 3 is 2.59 bits per heavy atom. The average Bonchev–Trinajstić information content (AvgIpc) is 3.41. The number of aromatic amines is 1. The van der Waals surface area contributed by atoms with Crippen LogP contribution in [0.25, 0.3) is 11.0 Å². The van der Waals surface area contributed by atoms with Crippen molar-refractivity contribution < 1.29 is 4.79 Å². The smallest absolute Gasteiger partial charge is 0.237 e. The van der Waals surface area contributed by atoms with Crippen molar-refractivity contribution in [2.24, 2.45) is 0 Å². The Morgan fingerprint density at radius 2 is 1.89 bits per heavy atom. The second-order valence-corrected chi connectivity index (χ2v) is 10.7. The van der Waals surface area contributed by atoms with Gasteiger partial charge in [0.05, 0.1) is 24.1 Å². The lowest BCUT2D eigenvalue weighted by molar-refractivity contribution is -0.124. The van der Waals surface area contributed by atoms with Crippen molar-refractivity contribution in [1.29, 1.82) is 0 Å². The van der Waals surface area contributed by atoms with Gasteiger partial charge in [0.15, 0.2) is 0 Å². The standard InChI is InChI=1S/C27H37ClN8O/c1-19(2)35-15-13-34(14-16-35)11-8-23(20-3-5-21(28)6-4-20)33-27(37)24-9-12-36(18-32-24)26-22-7-10-29-25(22)30-17-31-26/h3-7,10,17,19,23-24,32H,8-9,11-16,18H2,1-2H3,(H,33,37)(H,29,30,31). The summed E-state index contributed by atoms with van der Waals surface area (Å²) in [5, 5.41) is 8.45. The van der Waals surface area contributed by atoms with Crippen LogP contribution in [-0.4, -0.2) is 88.7 Å². The summed E-state index contributed by atoms with van der Waals surface area (Å²) < 4.78 is 0. The van der Waals surface area contributed by atoms with Gasteiger partial charge in [-0.15, -0.1) is 0 Å². The molecule has 2 aliphatic rings. The Kier molecular flexibility index (Phi) is 8.24. The topological polar surface area (TPSA) is 92.4 Å². The van der Waals surface area contributed by atoms with Gasteiger partial charge in [0, 0.05) is 56.5 Å². The SMILES string of the molecule is CC(C)N1CCN(CCC(NC(=O)C2CCN(c3ncnc4[nH]ccc34)CN2)c2ccc(Cl)cc2)CC1. The van der Waals surface area contributed by atoms with E-state index in [-0.39, 0.29) is 18.0 Å². The minimum atomic E-state index is -0.246. The number of H-pyrrole nitrogens is 1. The number of benzene rings is 1. The van der Waals surface area contributed by atoms with Crippen LogP contribution in [0.15, 0.2) is 42.9 Å². The van der Waals surface area contributed by atoms with Crippen LogP contribution in [0, 0.1) is 0 Å². The third kappa shape index (κ3) is 6.23. The predicted molar refractivity (Wildman–Crippen MR) is 148 cm³/mol. The zero-order chi connectivity index (χ0) is 25.8. The number of anilines is 1. The maximum atomic E-state index is 13.4. The highest BCUT2D eigenvalue weighted by Crippen LogP contribution is 2.24. The van der Waals surface area contributed by atoms with Gasteiger partial charge >= 0.3 is 0 Å². The van der Waals surface area contributed by atoms with Gasteiger partial charge in [0.1, 0.15) is 17.8 Å². The second-order valence-electron chi connectivity index (χ2n) is 10.3. The summed E-state index contributed by atoms with van der Waals surface area (Å²) in [7, 11) is 0. The largest absolute Gasteiger partial charge is 0.348 e. The van der Waals surface area contributed by atoms with Crippen molar-refractivity contribution in [2.45, 2.75) is 44.8 Å². The molecule has 4 heterocycles. The highest BCUT2D eigenvalue weighted by Gasteiger charge is 2.28. The van der Waals surface area contributed by atoms with Crippen LogP contribution in [0.4, 0.5) is 5.82 Å². The number of carbonyl (C=O) groups is 1. The van der Waals surface area contributed by atoms with E-state index in [1.165, 1.54) is 0 Å². The summed E-state index contributed by atoms with van der Waals surface area (Å²) in [6.45, 7) is 11.1. The van der Waals surface area contributed by atoms with Crippen LogP contribution in [0.1, 0.15) is 38.3 Å². The molecule has 2 atom stereocenters. The lowest BCUT2D eigenvalue weighted by Gasteiger charge is -2.37. The molecule has 2 unspecified atom stereocenters. The molecule has 3 aromatic rings. The number of nitrogens with one attached hydrogen (secondary N) is 3. The van der Waals surface area contributed by atoms with Gasteiger partial charge in [-0.3, -0.25) is 15.0 Å². The molecule has 1 aromatic carbocycles. The number of piperazine rings is 1. The molecular weight excluding hydrogens is 488 g/mol. The molecule has 0 aliphatic carbocycles. The summed E-state index contributed by atoms with van der Waals surface area (Å²) in [5.41, 5.74) is 1.91. The molecule has 37 heavy (non-hydrogen) atoms. The molecule has 9 nitrogen and oxygen atoms in total. The third-order valence-corrected chi connectivity index (χ3v) is 7.88. The Balaban J connectivity index is 1.19. The number of fused-ring (bicyclic) bond motifs is 1. The number of halogens is 1. The fourth-order valence-corrected chi connectivity index (χ4v) is 5.43. The average molecular weight is 525 g/mol. The van der Waals surface area contributed by atoms with E-state index in [4.69, 9.17) is 11.6 Å². The van der Waals surface area contributed by atoms with Crippen LogP contribution >= 0.6 is 11.6 Å². The monoisotopic (exact) mass is 524 g/mol. The minimum absolute atomic E-state index is 0.0405. The maximum Gasteiger partial charge on any atom is 0.237 e. The molecular formula is C27H37ClN8O. The van der Waals surface area contributed by atoms with Crippen LogP contribution < -0.4 is 15.5 Å². The van der Waals surface area contributed by atoms with E-state index < -0.39 is 0 Å². The van der Waals surface area contributed by atoms with Crippen LogP contribution in [-0.2, 0) is 4.79 Å². The van der Waals surface area contributed by atoms with E-state index in [2.05, 4.69) is 54.1 Å². The van der Waals surface area contributed by atoms with E-state index >= 15 is 0 Å². The summed E-state index contributed by atoms with van der Waals surface area (Å²) in [4.78, 5) is 32.5.